The third-order valence-corrected chi connectivity index (χ3v) is 3.25. The Morgan fingerprint density at radius 1 is 1.15 bits per heavy atom. The summed E-state index contributed by atoms with van der Waals surface area (Å²) in [5.41, 5.74) is 8.07. The SMILES string of the molecule is CCCOc1cc(Nc2cc(Cl)ccc2Cl)ccc1N. The van der Waals surface area contributed by atoms with Gasteiger partial charge in [-0.05, 0) is 36.8 Å². The van der Waals surface area contributed by atoms with Crippen LogP contribution >= 0.6 is 23.2 Å². The number of nitrogen functional groups attached to an aromatic ring is 1. The molecule has 2 aromatic rings. The summed E-state index contributed by atoms with van der Waals surface area (Å²) >= 11 is 12.1. The van der Waals surface area contributed by atoms with Crippen LogP contribution in [0.3, 0.4) is 0 Å². The summed E-state index contributed by atoms with van der Waals surface area (Å²) in [4.78, 5) is 0. The molecule has 0 radical (unpaired) electrons. The van der Waals surface area contributed by atoms with E-state index in [1.165, 1.54) is 0 Å². The Morgan fingerprint density at radius 2 is 1.95 bits per heavy atom. The van der Waals surface area contributed by atoms with Crippen molar-refractivity contribution < 1.29 is 4.74 Å². The maximum Gasteiger partial charge on any atom is 0.144 e. The first-order valence-electron chi connectivity index (χ1n) is 6.34. The van der Waals surface area contributed by atoms with E-state index < -0.39 is 0 Å². The largest absolute Gasteiger partial charge is 0.491 e. The molecule has 3 N–H and O–H groups in total. The van der Waals surface area contributed by atoms with Crippen molar-refractivity contribution in [3.63, 3.8) is 0 Å². The molecular formula is C15H16Cl2N2O. The first kappa shape index (κ1) is 14.8. The molecule has 0 aliphatic carbocycles. The molecular weight excluding hydrogens is 295 g/mol. The third kappa shape index (κ3) is 3.71. The summed E-state index contributed by atoms with van der Waals surface area (Å²) in [7, 11) is 0. The first-order valence-corrected chi connectivity index (χ1v) is 7.10. The fourth-order valence-electron chi connectivity index (χ4n) is 1.70. The van der Waals surface area contributed by atoms with Crippen molar-refractivity contribution in [2.45, 2.75) is 13.3 Å². The zero-order valence-corrected chi connectivity index (χ0v) is 12.6. The predicted octanol–water partition coefficient (Wildman–Crippen LogP) is 5.11. The van der Waals surface area contributed by atoms with Gasteiger partial charge >= 0.3 is 0 Å². The van der Waals surface area contributed by atoms with Crippen molar-refractivity contribution in [2.24, 2.45) is 0 Å². The number of rotatable bonds is 5. The Bertz CT molecular complexity index is 602. The van der Waals surface area contributed by atoms with E-state index >= 15 is 0 Å². The van der Waals surface area contributed by atoms with Gasteiger partial charge < -0.3 is 15.8 Å². The molecule has 0 bridgehead atoms. The molecule has 2 aromatic carbocycles. The van der Waals surface area contributed by atoms with Gasteiger partial charge in [0.1, 0.15) is 5.75 Å². The molecule has 0 fully saturated rings. The van der Waals surface area contributed by atoms with Crippen LogP contribution in [0.2, 0.25) is 10.0 Å². The molecule has 0 aliphatic heterocycles. The summed E-state index contributed by atoms with van der Waals surface area (Å²) in [5, 5.41) is 4.42. The Labute approximate surface area is 128 Å². The summed E-state index contributed by atoms with van der Waals surface area (Å²) in [6.45, 7) is 2.68. The number of nitrogens with one attached hydrogen (secondary N) is 1. The van der Waals surface area contributed by atoms with E-state index in [0.29, 0.717) is 28.1 Å². The Morgan fingerprint density at radius 3 is 2.70 bits per heavy atom. The standard InChI is InChI=1S/C15H16Cl2N2O/c1-2-7-20-15-9-11(4-6-13(15)18)19-14-8-10(16)3-5-12(14)17/h3-6,8-9,19H,2,7,18H2,1H3. The number of ether oxygens (including phenoxy) is 1. The normalized spacial score (nSPS) is 10.3. The molecule has 0 saturated carbocycles. The highest BCUT2D eigenvalue weighted by Gasteiger charge is 2.05. The summed E-state index contributed by atoms with van der Waals surface area (Å²) in [6, 6.07) is 10.8. The maximum absolute atomic E-state index is 6.12. The highest BCUT2D eigenvalue weighted by atomic mass is 35.5. The van der Waals surface area contributed by atoms with Crippen LogP contribution < -0.4 is 15.8 Å². The smallest absolute Gasteiger partial charge is 0.144 e. The van der Waals surface area contributed by atoms with Crippen LogP contribution in [0.4, 0.5) is 17.1 Å². The number of hydrogen-bond acceptors (Lipinski definition) is 3. The molecule has 0 saturated heterocycles. The van der Waals surface area contributed by atoms with Crippen LogP contribution in [0.1, 0.15) is 13.3 Å². The predicted molar refractivity (Wildman–Crippen MR) is 86.4 cm³/mol. The number of hydrogen-bond donors (Lipinski definition) is 2. The second-order valence-electron chi connectivity index (χ2n) is 4.35. The third-order valence-electron chi connectivity index (χ3n) is 2.68. The lowest BCUT2D eigenvalue weighted by molar-refractivity contribution is 0.319. The van der Waals surface area contributed by atoms with Crippen molar-refractivity contribution in [2.75, 3.05) is 17.7 Å². The number of nitrogens with two attached hydrogens (primary N) is 1. The van der Waals surface area contributed by atoms with Gasteiger partial charge in [-0.2, -0.15) is 0 Å². The molecule has 5 heteroatoms. The molecule has 0 atom stereocenters. The van der Waals surface area contributed by atoms with Crippen molar-refractivity contribution in [1.82, 2.24) is 0 Å². The minimum atomic E-state index is 0.599. The van der Waals surface area contributed by atoms with Crippen LogP contribution in [-0.2, 0) is 0 Å². The molecule has 0 spiro atoms. The average Bonchev–Trinajstić information content (AvgIpc) is 2.43. The topological polar surface area (TPSA) is 47.3 Å². The maximum atomic E-state index is 6.12. The van der Waals surface area contributed by atoms with Crippen molar-refractivity contribution in [3.8, 4) is 5.75 Å². The minimum absolute atomic E-state index is 0.599. The Balaban J connectivity index is 2.22. The quantitative estimate of drug-likeness (QED) is 0.754. The summed E-state index contributed by atoms with van der Waals surface area (Å²) in [5.74, 6) is 0.662. The second kappa shape index (κ2) is 6.73. The molecule has 0 aliphatic rings. The second-order valence-corrected chi connectivity index (χ2v) is 5.19. The fraction of sp³-hybridized carbons (Fsp3) is 0.200. The van der Waals surface area contributed by atoms with Gasteiger partial charge in [-0.1, -0.05) is 30.1 Å². The summed E-state index contributed by atoms with van der Waals surface area (Å²) < 4.78 is 5.59. The van der Waals surface area contributed by atoms with Gasteiger partial charge in [0, 0.05) is 16.8 Å². The van der Waals surface area contributed by atoms with Gasteiger partial charge in [-0.15, -0.1) is 0 Å². The van der Waals surface area contributed by atoms with Gasteiger partial charge in [0.25, 0.3) is 0 Å². The van der Waals surface area contributed by atoms with Crippen LogP contribution in [-0.4, -0.2) is 6.61 Å². The van der Waals surface area contributed by atoms with Gasteiger partial charge in [-0.25, -0.2) is 0 Å². The number of halogens is 2. The monoisotopic (exact) mass is 310 g/mol. The van der Waals surface area contributed by atoms with Crippen LogP contribution in [0, 0.1) is 0 Å². The number of anilines is 3. The van der Waals surface area contributed by atoms with Crippen molar-refractivity contribution >= 4 is 40.3 Å². The van der Waals surface area contributed by atoms with Crippen molar-refractivity contribution in [1.29, 1.82) is 0 Å². The Kier molecular flexibility index (Phi) is 4.99. The van der Waals surface area contributed by atoms with E-state index in [1.807, 2.05) is 19.1 Å². The highest BCUT2D eigenvalue weighted by Crippen LogP contribution is 2.31. The molecule has 0 aromatic heterocycles. The molecule has 0 unspecified atom stereocenters. The van der Waals surface area contributed by atoms with Crippen LogP contribution in [0.25, 0.3) is 0 Å². The van der Waals surface area contributed by atoms with Crippen LogP contribution in [0.15, 0.2) is 36.4 Å². The number of benzene rings is 2. The molecule has 0 heterocycles. The van der Waals surface area contributed by atoms with E-state index in [2.05, 4.69) is 5.32 Å². The van der Waals surface area contributed by atoms with E-state index in [-0.39, 0.29) is 0 Å². The molecule has 20 heavy (non-hydrogen) atoms. The molecule has 106 valence electrons. The van der Waals surface area contributed by atoms with Gasteiger partial charge in [-0.3, -0.25) is 0 Å². The minimum Gasteiger partial charge on any atom is -0.491 e. The van der Waals surface area contributed by atoms with Crippen molar-refractivity contribution in [3.05, 3.63) is 46.4 Å². The van der Waals surface area contributed by atoms with E-state index in [0.717, 1.165) is 17.8 Å². The average molecular weight is 311 g/mol. The molecule has 0 amide bonds. The van der Waals surface area contributed by atoms with Gasteiger partial charge in [0.2, 0.25) is 0 Å². The van der Waals surface area contributed by atoms with Crippen LogP contribution in [0.5, 0.6) is 5.75 Å². The van der Waals surface area contributed by atoms with Gasteiger partial charge in [0.15, 0.2) is 0 Å². The fourth-order valence-corrected chi connectivity index (χ4v) is 2.03. The van der Waals surface area contributed by atoms with E-state index in [4.69, 9.17) is 33.7 Å². The lowest BCUT2D eigenvalue weighted by atomic mass is 10.2. The highest BCUT2D eigenvalue weighted by molar-refractivity contribution is 6.35. The zero-order chi connectivity index (χ0) is 14.5. The lowest BCUT2D eigenvalue weighted by Crippen LogP contribution is -2.00. The zero-order valence-electron chi connectivity index (χ0n) is 11.1. The van der Waals surface area contributed by atoms with Gasteiger partial charge in [0.05, 0.1) is 23.0 Å². The summed E-state index contributed by atoms with van der Waals surface area (Å²) in [6.07, 6.45) is 0.928. The van der Waals surface area contributed by atoms with E-state index in [1.54, 1.807) is 24.3 Å². The molecule has 2 rings (SSSR count). The van der Waals surface area contributed by atoms with E-state index in [9.17, 15) is 0 Å². The lowest BCUT2D eigenvalue weighted by Gasteiger charge is -2.12. The Hall–Kier alpha value is -1.58. The first-order chi connectivity index (χ1) is 9.60. The molecule has 3 nitrogen and oxygen atoms in total.